The summed E-state index contributed by atoms with van der Waals surface area (Å²) in [5.41, 5.74) is 6.19. The molecule has 1 heterocycles. The van der Waals surface area contributed by atoms with Crippen LogP contribution in [0.5, 0.6) is 11.5 Å². The second kappa shape index (κ2) is 6.75. The molecule has 5 heteroatoms. The van der Waals surface area contributed by atoms with E-state index in [0.717, 1.165) is 19.4 Å². The van der Waals surface area contributed by atoms with Gasteiger partial charge in [0.1, 0.15) is 6.10 Å². The molecule has 0 spiro atoms. The average molecular weight is 267 g/mol. The van der Waals surface area contributed by atoms with Gasteiger partial charge in [0.25, 0.3) is 0 Å². The van der Waals surface area contributed by atoms with Crippen molar-refractivity contribution >= 4 is 0 Å². The Morgan fingerprint density at radius 3 is 3.00 bits per heavy atom. The highest BCUT2D eigenvalue weighted by atomic mass is 16.5. The normalized spacial score (nSPS) is 20.9. The number of aliphatic hydroxyl groups excluding tert-OH is 1. The molecule has 1 aliphatic rings. The van der Waals surface area contributed by atoms with Crippen molar-refractivity contribution < 1.29 is 19.3 Å². The van der Waals surface area contributed by atoms with Gasteiger partial charge in [0.15, 0.2) is 11.5 Å². The van der Waals surface area contributed by atoms with Gasteiger partial charge < -0.3 is 25.1 Å². The summed E-state index contributed by atoms with van der Waals surface area (Å²) >= 11 is 0. The molecule has 2 rings (SSSR count). The van der Waals surface area contributed by atoms with E-state index in [1.165, 1.54) is 0 Å². The SMILES string of the molecule is COc1cccc(C(O)CN)c1OC1CCCOC1. The van der Waals surface area contributed by atoms with Crippen molar-refractivity contribution in [1.82, 2.24) is 0 Å². The molecule has 0 aliphatic carbocycles. The average Bonchev–Trinajstić information content (AvgIpc) is 2.47. The predicted octanol–water partition coefficient (Wildman–Crippen LogP) is 1.25. The van der Waals surface area contributed by atoms with Crippen LogP contribution in [0.1, 0.15) is 24.5 Å². The molecule has 1 aromatic carbocycles. The maximum atomic E-state index is 9.97. The predicted molar refractivity (Wildman–Crippen MR) is 71.5 cm³/mol. The Kier molecular flexibility index (Phi) is 5.01. The van der Waals surface area contributed by atoms with Crippen LogP contribution in [0, 0.1) is 0 Å². The number of para-hydroxylation sites is 1. The smallest absolute Gasteiger partial charge is 0.167 e. The number of hydrogen-bond donors (Lipinski definition) is 2. The summed E-state index contributed by atoms with van der Waals surface area (Å²) in [6, 6.07) is 5.43. The van der Waals surface area contributed by atoms with Crippen molar-refractivity contribution in [1.29, 1.82) is 0 Å². The van der Waals surface area contributed by atoms with Crippen LogP contribution >= 0.6 is 0 Å². The number of ether oxygens (including phenoxy) is 3. The number of methoxy groups -OCH3 is 1. The van der Waals surface area contributed by atoms with Crippen molar-refractivity contribution in [3.05, 3.63) is 23.8 Å². The summed E-state index contributed by atoms with van der Waals surface area (Å²) < 4.78 is 16.7. The minimum atomic E-state index is -0.755. The number of benzene rings is 1. The van der Waals surface area contributed by atoms with E-state index >= 15 is 0 Å². The van der Waals surface area contributed by atoms with E-state index in [-0.39, 0.29) is 12.6 Å². The van der Waals surface area contributed by atoms with Crippen LogP contribution in [0.15, 0.2) is 18.2 Å². The van der Waals surface area contributed by atoms with Crippen molar-refractivity contribution in [2.75, 3.05) is 26.9 Å². The zero-order chi connectivity index (χ0) is 13.7. The van der Waals surface area contributed by atoms with Crippen LogP contribution in [-0.4, -0.2) is 38.1 Å². The molecule has 0 amide bonds. The Morgan fingerprint density at radius 2 is 2.37 bits per heavy atom. The van der Waals surface area contributed by atoms with E-state index in [0.29, 0.717) is 23.7 Å². The van der Waals surface area contributed by atoms with Crippen LogP contribution in [0.25, 0.3) is 0 Å². The molecule has 2 unspecified atom stereocenters. The van der Waals surface area contributed by atoms with Crippen LogP contribution in [0.4, 0.5) is 0 Å². The Balaban J connectivity index is 2.24. The van der Waals surface area contributed by atoms with Crippen LogP contribution in [0.3, 0.4) is 0 Å². The maximum Gasteiger partial charge on any atom is 0.167 e. The van der Waals surface area contributed by atoms with Gasteiger partial charge in [0.05, 0.1) is 19.8 Å². The third-order valence-electron chi connectivity index (χ3n) is 3.21. The Morgan fingerprint density at radius 1 is 1.53 bits per heavy atom. The Hall–Kier alpha value is -1.30. The standard InChI is InChI=1S/C14H21NO4/c1-17-13-6-2-5-11(12(16)8-15)14(13)19-10-4-3-7-18-9-10/h2,5-6,10,12,16H,3-4,7-9,15H2,1H3. The minimum Gasteiger partial charge on any atom is -0.493 e. The fraction of sp³-hybridized carbons (Fsp3) is 0.571. The van der Waals surface area contributed by atoms with Crippen molar-refractivity contribution in [3.8, 4) is 11.5 Å². The summed E-state index contributed by atoms with van der Waals surface area (Å²) in [6.45, 7) is 1.49. The lowest BCUT2D eigenvalue weighted by Gasteiger charge is -2.26. The fourth-order valence-electron chi connectivity index (χ4n) is 2.18. The Labute approximate surface area is 113 Å². The zero-order valence-corrected chi connectivity index (χ0v) is 11.2. The summed E-state index contributed by atoms with van der Waals surface area (Å²) in [7, 11) is 1.58. The first-order chi connectivity index (χ1) is 9.26. The summed E-state index contributed by atoms with van der Waals surface area (Å²) in [5.74, 6) is 1.18. The lowest BCUT2D eigenvalue weighted by Crippen LogP contribution is -2.29. The van der Waals surface area contributed by atoms with Crippen LogP contribution in [-0.2, 0) is 4.74 Å². The van der Waals surface area contributed by atoms with Gasteiger partial charge in [-0.05, 0) is 18.9 Å². The molecule has 0 bridgehead atoms. The molecule has 1 aromatic rings. The number of nitrogens with two attached hydrogens (primary N) is 1. The second-order valence-electron chi connectivity index (χ2n) is 4.59. The third kappa shape index (κ3) is 3.37. The highest BCUT2D eigenvalue weighted by Gasteiger charge is 2.22. The van der Waals surface area contributed by atoms with E-state index in [2.05, 4.69) is 0 Å². The van der Waals surface area contributed by atoms with Crippen molar-refractivity contribution in [2.24, 2.45) is 5.73 Å². The first kappa shape index (κ1) is 14.1. The summed E-state index contributed by atoms with van der Waals surface area (Å²) in [4.78, 5) is 0. The third-order valence-corrected chi connectivity index (χ3v) is 3.21. The molecule has 0 radical (unpaired) electrons. The zero-order valence-electron chi connectivity index (χ0n) is 11.2. The largest absolute Gasteiger partial charge is 0.493 e. The van der Waals surface area contributed by atoms with E-state index in [9.17, 15) is 5.11 Å². The molecule has 5 nitrogen and oxygen atoms in total. The molecule has 1 fully saturated rings. The van der Waals surface area contributed by atoms with Gasteiger partial charge >= 0.3 is 0 Å². The summed E-state index contributed by atoms with van der Waals surface area (Å²) in [5, 5.41) is 9.97. The van der Waals surface area contributed by atoms with Gasteiger partial charge in [-0.25, -0.2) is 0 Å². The van der Waals surface area contributed by atoms with E-state index in [4.69, 9.17) is 19.9 Å². The molecular formula is C14H21NO4. The van der Waals surface area contributed by atoms with E-state index < -0.39 is 6.10 Å². The fourth-order valence-corrected chi connectivity index (χ4v) is 2.18. The van der Waals surface area contributed by atoms with Gasteiger partial charge in [0, 0.05) is 18.7 Å². The lowest BCUT2D eigenvalue weighted by molar-refractivity contribution is 0.00500. The number of hydrogen-bond acceptors (Lipinski definition) is 5. The molecule has 2 atom stereocenters. The molecule has 1 aliphatic heterocycles. The quantitative estimate of drug-likeness (QED) is 0.839. The van der Waals surface area contributed by atoms with Crippen LogP contribution in [0.2, 0.25) is 0 Å². The Bertz CT molecular complexity index is 404. The van der Waals surface area contributed by atoms with Gasteiger partial charge in [-0.2, -0.15) is 0 Å². The summed E-state index contributed by atoms with van der Waals surface area (Å²) in [6.07, 6.45) is 1.16. The first-order valence-electron chi connectivity index (χ1n) is 6.55. The molecule has 3 N–H and O–H groups in total. The highest BCUT2D eigenvalue weighted by molar-refractivity contribution is 5.48. The van der Waals surface area contributed by atoms with E-state index in [1.807, 2.05) is 12.1 Å². The first-order valence-corrected chi connectivity index (χ1v) is 6.55. The van der Waals surface area contributed by atoms with Gasteiger partial charge in [-0.3, -0.25) is 0 Å². The number of aliphatic hydroxyl groups is 1. The molecular weight excluding hydrogens is 246 g/mol. The highest BCUT2D eigenvalue weighted by Crippen LogP contribution is 2.36. The van der Waals surface area contributed by atoms with Crippen molar-refractivity contribution in [3.63, 3.8) is 0 Å². The topological polar surface area (TPSA) is 73.9 Å². The van der Waals surface area contributed by atoms with Gasteiger partial charge in [0.2, 0.25) is 0 Å². The maximum absolute atomic E-state index is 9.97. The van der Waals surface area contributed by atoms with Gasteiger partial charge in [-0.15, -0.1) is 0 Å². The van der Waals surface area contributed by atoms with Crippen LogP contribution < -0.4 is 15.2 Å². The molecule has 1 saturated heterocycles. The van der Waals surface area contributed by atoms with Crippen molar-refractivity contribution in [2.45, 2.75) is 25.0 Å². The van der Waals surface area contributed by atoms with Gasteiger partial charge in [-0.1, -0.05) is 12.1 Å². The molecule has 106 valence electrons. The molecule has 0 aromatic heterocycles. The second-order valence-corrected chi connectivity index (χ2v) is 4.59. The number of rotatable bonds is 5. The minimum absolute atomic E-state index is 0.00576. The van der Waals surface area contributed by atoms with E-state index in [1.54, 1.807) is 13.2 Å². The molecule has 0 saturated carbocycles. The lowest BCUT2D eigenvalue weighted by atomic mass is 10.1. The monoisotopic (exact) mass is 267 g/mol. The molecule has 19 heavy (non-hydrogen) atoms.